The molecule has 1 saturated heterocycles. The van der Waals surface area contributed by atoms with Gasteiger partial charge < -0.3 is 9.80 Å². The van der Waals surface area contributed by atoms with E-state index in [0.29, 0.717) is 6.42 Å². The Morgan fingerprint density at radius 3 is 2.10 bits per heavy atom. The van der Waals surface area contributed by atoms with Crippen molar-refractivity contribution in [3.8, 4) is 0 Å². The van der Waals surface area contributed by atoms with Crippen LogP contribution in [-0.4, -0.2) is 49.2 Å². The first-order chi connectivity index (χ1) is 14.7. The molecule has 1 fully saturated rings. The molecule has 0 aliphatic carbocycles. The molecule has 6 nitrogen and oxygen atoms in total. The third kappa shape index (κ3) is 4.48. The number of carbonyl (C=O) groups excluding carboxylic acids is 1. The van der Waals surface area contributed by atoms with Gasteiger partial charge >= 0.3 is 0 Å². The molecule has 1 amide bonds. The van der Waals surface area contributed by atoms with E-state index in [-0.39, 0.29) is 23.4 Å². The summed E-state index contributed by atoms with van der Waals surface area (Å²) in [5.41, 5.74) is 2.89. The second kappa shape index (κ2) is 9.40. The highest BCUT2D eigenvalue weighted by Gasteiger charge is 2.46. The van der Waals surface area contributed by atoms with Crippen molar-refractivity contribution in [2.24, 2.45) is 0 Å². The number of carbonyl (C=O) groups is 1. The molecular weight excluding hydrogens is 410 g/mol. The minimum Gasteiger partial charge on any atom is -0.372 e. The minimum absolute atomic E-state index is 0.0491. The van der Waals surface area contributed by atoms with Gasteiger partial charge in [-0.15, -0.1) is 0 Å². The summed E-state index contributed by atoms with van der Waals surface area (Å²) in [5.74, 6) is -0.0491. The van der Waals surface area contributed by atoms with Crippen LogP contribution in [0.4, 0.5) is 5.69 Å². The molecule has 3 rings (SSSR count). The summed E-state index contributed by atoms with van der Waals surface area (Å²) in [4.78, 5) is 17.0. The summed E-state index contributed by atoms with van der Waals surface area (Å²) in [7, 11) is -3.77. The quantitative estimate of drug-likeness (QED) is 0.644. The molecule has 0 spiro atoms. The lowest BCUT2D eigenvalue weighted by Gasteiger charge is -2.32. The molecule has 2 aromatic rings. The van der Waals surface area contributed by atoms with Crippen molar-refractivity contribution in [2.75, 3.05) is 24.5 Å². The van der Waals surface area contributed by atoms with E-state index in [9.17, 15) is 13.2 Å². The van der Waals surface area contributed by atoms with Gasteiger partial charge in [0.05, 0.1) is 4.90 Å². The van der Waals surface area contributed by atoms with E-state index in [1.807, 2.05) is 45.0 Å². The van der Waals surface area contributed by atoms with E-state index in [1.165, 1.54) is 4.31 Å². The van der Waals surface area contributed by atoms with Crippen LogP contribution in [0.5, 0.6) is 0 Å². The zero-order valence-corrected chi connectivity index (χ0v) is 19.9. The molecule has 1 aliphatic heterocycles. The second-order valence-corrected chi connectivity index (χ2v) is 9.92. The van der Waals surface area contributed by atoms with Gasteiger partial charge in [0, 0.05) is 37.8 Å². The molecule has 0 radical (unpaired) electrons. The number of hydrogen-bond acceptors (Lipinski definition) is 4. The molecule has 0 unspecified atom stereocenters. The third-order valence-corrected chi connectivity index (χ3v) is 7.83. The van der Waals surface area contributed by atoms with Gasteiger partial charge in [-0.05, 0) is 57.5 Å². The molecule has 1 aliphatic rings. The fourth-order valence-corrected chi connectivity index (χ4v) is 5.89. The van der Waals surface area contributed by atoms with Gasteiger partial charge in [0.15, 0.2) is 0 Å². The third-order valence-electron chi connectivity index (χ3n) is 5.99. The average Bonchev–Trinajstić information content (AvgIpc) is 3.13. The molecule has 2 aromatic carbocycles. The van der Waals surface area contributed by atoms with Crippen molar-refractivity contribution in [1.82, 2.24) is 9.21 Å². The van der Waals surface area contributed by atoms with Gasteiger partial charge in [-0.3, -0.25) is 4.79 Å². The zero-order chi connectivity index (χ0) is 22.8. The van der Waals surface area contributed by atoms with E-state index >= 15 is 0 Å². The number of amides is 1. The van der Waals surface area contributed by atoms with Crippen molar-refractivity contribution in [3.05, 3.63) is 59.7 Å². The Hall–Kier alpha value is -2.38. The number of hydrogen-bond donors (Lipinski definition) is 0. The Balaban J connectivity index is 2.06. The van der Waals surface area contributed by atoms with E-state index in [4.69, 9.17) is 0 Å². The standard InChI is InChI=1S/C24H33N3O3S/c1-6-23(28)27-19(5)17-26(31(29,30)22-15-9-18(4)10-16-22)24(27)20-11-13-21(14-12-20)25(7-2)8-3/h9-16,19,24H,6-8,17H2,1-5H3/t19-,24-/m1/s1. The van der Waals surface area contributed by atoms with E-state index in [2.05, 4.69) is 18.7 Å². The van der Waals surface area contributed by atoms with Crippen LogP contribution in [0.15, 0.2) is 53.4 Å². The van der Waals surface area contributed by atoms with Crippen LogP contribution >= 0.6 is 0 Å². The van der Waals surface area contributed by atoms with Crippen molar-refractivity contribution in [3.63, 3.8) is 0 Å². The molecule has 0 aromatic heterocycles. The number of anilines is 1. The van der Waals surface area contributed by atoms with Crippen LogP contribution in [0.25, 0.3) is 0 Å². The van der Waals surface area contributed by atoms with Crippen LogP contribution in [0.3, 0.4) is 0 Å². The summed E-state index contributed by atoms with van der Waals surface area (Å²) in [6.07, 6.45) is -0.323. The maximum atomic E-state index is 13.6. The maximum Gasteiger partial charge on any atom is 0.245 e. The smallest absolute Gasteiger partial charge is 0.245 e. The average molecular weight is 444 g/mol. The van der Waals surface area contributed by atoms with Crippen molar-refractivity contribution >= 4 is 21.6 Å². The lowest BCUT2D eigenvalue weighted by atomic mass is 10.1. The van der Waals surface area contributed by atoms with Crippen LogP contribution in [0.2, 0.25) is 0 Å². The zero-order valence-electron chi connectivity index (χ0n) is 19.1. The largest absolute Gasteiger partial charge is 0.372 e. The first kappa shape index (κ1) is 23.3. The summed E-state index contributed by atoms with van der Waals surface area (Å²) in [6.45, 7) is 11.9. The number of sulfonamides is 1. The predicted molar refractivity (Wildman–Crippen MR) is 124 cm³/mol. The van der Waals surface area contributed by atoms with Crippen LogP contribution in [0.1, 0.15) is 51.4 Å². The molecule has 0 N–H and O–H groups in total. The molecule has 7 heteroatoms. The number of nitrogens with zero attached hydrogens (tertiary/aromatic N) is 3. The first-order valence-corrected chi connectivity index (χ1v) is 12.4. The van der Waals surface area contributed by atoms with E-state index < -0.39 is 16.2 Å². The number of aryl methyl sites for hydroxylation is 1. The molecule has 2 atom stereocenters. The number of benzene rings is 2. The first-order valence-electron chi connectivity index (χ1n) is 11.0. The van der Waals surface area contributed by atoms with E-state index in [0.717, 1.165) is 29.9 Å². The van der Waals surface area contributed by atoms with Crippen LogP contribution in [-0.2, 0) is 14.8 Å². The summed E-state index contributed by atoms with van der Waals surface area (Å²) in [6, 6.07) is 14.6. The molecule has 0 saturated carbocycles. The topological polar surface area (TPSA) is 60.9 Å². The Kier molecular flexibility index (Phi) is 7.06. The van der Waals surface area contributed by atoms with Gasteiger partial charge in [0.25, 0.3) is 0 Å². The molecular formula is C24H33N3O3S. The summed E-state index contributed by atoms with van der Waals surface area (Å²) in [5, 5.41) is 0. The van der Waals surface area contributed by atoms with Gasteiger partial charge in [-0.2, -0.15) is 4.31 Å². The second-order valence-electron chi connectivity index (χ2n) is 8.03. The molecule has 31 heavy (non-hydrogen) atoms. The lowest BCUT2D eigenvalue weighted by molar-refractivity contribution is -0.134. The van der Waals surface area contributed by atoms with Crippen molar-refractivity contribution in [1.29, 1.82) is 0 Å². The number of rotatable bonds is 7. The van der Waals surface area contributed by atoms with Crippen LogP contribution in [0, 0.1) is 6.92 Å². The fraction of sp³-hybridized carbons (Fsp3) is 0.458. The van der Waals surface area contributed by atoms with Gasteiger partial charge in [-0.25, -0.2) is 8.42 Å². The van der Waals surface area contributed by atoms with Crippen molar-refractivity contribution in [2.45, 2.75) is 58.1 Å². The lowest BCUT2D eigenvalue weighted by Crippen LogP contribution is -2.39. The van der Waals surface area contributed by atoms with Gasteiger partial charge in [-0.1, -0.05) is 36.8 Å². The monoisotopic (exact) mass is 443 g/mol. The molecule has 0 bridgehead atoms. The Bertz CT molecular complexity index is 999. The summed E-state index contributed by atoms with van der Waals surface area (Å²) >= 11 is 0. The van der Waals surface area contributed by atoms with Gasteiger partial charge in [0.2, 0.25) is 15.9 Å². The Labute approximate surface area is 186 Å². The SMILES string of the molecule is CCC(=O)N1[C@H](C)CN(S(=O)(=O)c2ccc(C)cc2)[C@H]1c1ccc(N(CC)CC)cc1. The highest BCUT2D eigenvalue weighted by atomic mass is 32.2. The fourth-order valence-electron chi connectivity index (χ4n) is 4.24. The predicted octanol–water partition coefficient (Wildman–Crippen LogP) is 4.17. The highest BCUT2D eigenvalue weighted by molar-refractivity contribution is 7.89. The van der Waals surface area contributed by atoms with Gasteiger partial charge in [0.1, 0.15) is 6.17 Å². The highest BCUT2D eigenvalue weighted by Crippen LogP contribution is 2.38. The Morgan fingerprint density at radius 2 is 1.58 bits per heavy atom. The summed E-state index contributed by atoms with van der Waals surface area (Å²) < 4.78 is 28.6. The maximum absolute atomic E-state index is 13.6. The normalized spacial score (nSPS) is 19.6. The van der Waals surface area contributed by atoms with Crippen molar-refractivity contribution < 1.29 is 13.2 Å². The van der Waals surface area contributed by atoms with E-state index in [1.54, 1.807) is 29.2 Å². The van der Waals surface area contributed by atoms with Crippen LogP contribution < -0.4 is 4.90 Å². The minimum atomic E-state index is -3.77. The molecule has 1 heterocycles. The molecule has 168 valence electrons. The Morgan fingerprint density at radius 1 is 1.00 bits per heavy atom.